The molecule has 1 fully saturated rings. The maximum absolute atomic E-state index is 12.7. The van der Waals surface area contributed by atoms with Crippen LogP contribution >= 0.6 is 11.8 Å². The molecule has 1 heterocycles. The second-order valence-corrected chi connectivity index (χ2v) is 8.63. The number of thioether (sulfide) groups is 1. The highest BCUT2D eigenvalue weighted by molar-refractivity contribution is 8.00. The molecule has 1 saturated heterocycles. The van der Waals surface area contributed by atoms with Crippen LogP contribution in [0.1, 0.15) is 12.0 Å². The molecule has 1 aliphatic rings. The second kappa shape index (κ2) is 12.4. The topological polar surface area (TPSA) is 71.1 Å². The third-order valence-electron chi connectivity index (χ3n) is 5.36. The Balaban J connectivity index is 1.42. The van der Waals surface area contributed by atoms with E-state index in [4.69, 9.17) is 9.47 Å². The zero-order valence-corrected chi connectivity index (χ0v) is 19.5. The highest BCUT2D eigenvalue weighted by atomic mass is 32.2. The molecule has 0 aliphatic carbocycles. The number of nitrogens with one attached hydrogen (secondary N) is 1. The molecule has 32 heavy (non-hydrogen) atoms. The van der Waals surface area contributed by atoms with Gasteiger partial charge in [-0.1, -0.05) is 30.3 Å². The van der Waals surface area contributed by atoms with E-state index < -0.39 is 0 Å². The number of methoxy groups -OCH3 is 2. The lowest BCUT2D eigenvalue weighted by Gasteiger charge is -2.21. The highest BCUT2D eigenvalue weighted by Crippen LogP contribution is 2.31. The first-order valence-electron chi connectivity index (χ1n) is 10.7. The van der Waals surface area contributed by atoms with E-state index >= 15 is 0 Å². The number of carbonyl (C=O) groups excluding carboxylic acids is 2. The van der Waals surface area contributed by atoms with Crippen LogP contribution in [-0.2, 0) is 16.1 Å². The second-order valence-electron chi connectivity index (χ2n) is 7.58. The summed E-state index contributed by atoms with van der Waals surface area (Å²) >= 11 is 1.49. The van der Waals surface area contributed by atoms with E-state index in [2.05, 4.69) is 10.2 Å². The Morgan fingerprint density at radius 3 is 2.50 bits per heavy atom. The fraction of sp³-hybridized carbons (Fsp3) is 0.417. The third kappa shape index (κ3) is 7.17. The number of ether oxygens (including phenoxy) is 2. The first-order valence-corrected chi connectivity index (χ1v) is 11.7. The number of hydrogen-bond acceptors (Lipinski definition) is 6. The van der Waals surface area contributed by atoms with Crippen LogP contribution in [0.2, 0.25) is 0 Å². The Hall–Kier alpha value is -2.71. The molecule has 172 valence electrons. The van der Waals surface area contributed by atoms with Crippen LogP contribution in [-0.4, -0.2) is 74.3 Å². The van der Waals surface area contributed by atoms with Crippen LogP contribution < -0.4 is 14.8 Å². The summed E-state index contributed by atoms with van der Waals surface area (Å²) in [7, 11) is 3.20. The van der Waals surface area contributed by atoms with E-state index in [-0.39, 0.29) is 11.8 Å². The van der Waals surface area contributed by atoms with Crippen molar-refractivity contribution < 1.29 is 19.1 Å². The fourth-order valence-electron chi connectivity index (χ4n) is 3.58. The Morgan fingerprint density at radius 2 is 1.75 bits per heavy atom. The van der Waals surface area contributed by atoms with Crippen LogP contribution in [0.5, 0.6) is 11.5 Å². The molecule has 0 unspecified atom stereocenters. The number of carbonyl (C=O) groups is 2. The van der Waals surface area contributed by atoms with Gasteiger partial charge in [-0.25, -0.2) is 0 Å². The molecule has 8 heteroatoms. The molecular formula is C24H31N3O4S. The summed E-state index contributed by atoms with van der Waals surface area (Å²) in [6, 6.07) is 15.5. The Bertz CT molecular complexity index is 894. The molecule has 2 aromatic carbocycles. The molecule has 2 aromatic rings. The van der Waals surface area contributed by atoms with E-state index in [0.29, 0.717) is 50.0 Å². The molecular weight excluding hydrogens is 426 g/mol. The molecule has 0 saturated carbocycles. The quantitative estimate of drug-likeness (QED) is 0.584. The molecule has 0 aromatic heterocycles. The van der Waals surface area contributed by atoms with Crippen LogP contribution in [0, 0.1) is 0 Å². The average Bonchev–Trinajstić information content (AvgIpc) is 3.07. The zero-order chi connectivity index (χ0) is 22.8. The van der Waals surface area contributed by atoms with Crippen LogP contribution in [0.15, 0.2) is 53.4 Å². The van der Waals surface area contributed by atoms with Crippen molar-refractivity contribution in [3.05, 3.63) is 54.1 Å². The van der Waals surface area contributed by atoms with Gasteiger partial charge in [0.1, 0.15) is 0 Å². The standard InChI is InChI=1S/C24H31N3O4S/c1-30-21-10-9-20(15-22(21)31-2)32-18-24(29)27-12-6-11-26(13-14-27)17-23(28)25-16-19-7-4-3-5-8-19/h3-5,7-10,15H,6,11-14,16-18H2,1-2H3,(H,25,28). The lowest BCUT2D eigenvalue weighted by molar-refractivity contribution is -0.128. The van der Waals surface area contributed by atoms with Crippen molar-refractivity contribution >= 4 is 23.6 Å². The van der Waals surface area contributed by atoms with Gasteiger partial charge in [0.05, 0.1) is 26.5 Å². The summed E-state index contributed by atoms with van der Waals surface area (Å²) in [4.78, 5) is 30.0. The number of rotatable bonds is 9. The highest BCUT2D eigenvalue weighted by Gasteiger charge is 2.20. The summed E-state index contributed by atoms with van der Waals surface area (Å²) < 4.78 is 10.6. The Labute approximate surface area is 194 Å². The summed E-state index contributed by atoms with van der Waals surface area (Å²) in [6.07, 6.45) is 0.860. The number of amides is 2. The molecule has 1 aliphatic heterocycles. The van der Waals surface area contributed by atoms with Crippen LogP contribution in [0.4, 0.5) is 0 Å². The SMILES string of the molecule is COc1ccc(SCC(=O)N2CCCN(CC(=O)NCc3ccccc3)CC2)cc1OC. The number of benzene rings is 2. The monoisotopic (exact) mass is 457 g/mol. The maximum Gasteiger partial charge on any atom is 0.234 e. The molecule has 3 rings (SSSR count). The fourth-order valence-corrected chi connectivity index (χ4v) is 4.40. The van der Waals surface area contributed by atoms with Crippen molar-refractivity contribution in [3.63, 3.8) is 0 Å². The van der Waals surface area contributed by atoms with Gasteiger partial charge in [0.15, 0.2) is 11.5 Å². The van der Waals surface area contributed by atoms with Gasteiger partial charge in [-0.2, -0.15) is 0 Å². The van der Waals surface area contributed by atoms with Gasteiger partial charge in [-0.05, 0) is 30.2 Å². The molecule has 0 atom stereocenters. The van der Waals surface area contributed by atoms with Gasteiger partial charge in [-0.15, -0.1) is 11.8 Å². The lowest BCUT2D eigenvalue weighted by Crippen LogP contribution is -2.40. The van der Waals surface area contributed by atoms with Crippen LogP contribution in [0.3, 0.4) is 0 Å². The minimum Gasteiger partial charge on any atom is -0.493 e. The van der Waals surface area contributed by atoms with E-state index in [1.807, 2.05) is 53.4 Å². The predicted octanol–water partition coefficient (Wildman–Crippen LogP) is 2.65. The van der Waals surface area contributed by atoms with Crippen LogP contribution in [0.25, 0.3) is 0 Å². The summed E-state index contributed by atoms with van der Waals surface area (Å²) in [6.45, 7) is 3.75. The van der Waals surface area contributed by atoms with E-state index in [1.165, 1.54) is 11.8 Å². The van der Waals surface area contributed by atoms with Crippen molar-refractivity contribution in [2.75, 3.05) is 52.7 Å². The van der Waals surface area contributed by atoms with Crippen molar-refractivity contribution in [2.45, 2.75) is 17.9 Å². The first-order chi connectivity index (χ1) is 15.6. The summed E-state index contributed by atoms with van der Waals surface area (Å²) in [5.41, 5.74) is 1.08. The smallest absolute Gasteiger partial charge is 0.234 e. The Morgan fingerprint density at radius 1 is 0.969 bits per heavy atom. The maximum atomic E-state index is 12.7. The molecule has 1 N–H and O–H groups in total. The van der Waals surface area contributed by atoms with E-state index in [9.17, 15) is 9.59 Å². The lowest BCUT2D eigenvalue weighted by atomic mass is 10.2. The Kier molecular flexibility index (Phi) is 9.25. The van der Waals surface area contributed by atoms with Crippen molar-refractivity contribution in [3.8, 4) is 11.5 Å². The number of hydrogen-bond donors (Lipinski definition) is 1. The molecule has 0 spiro atoms. The minimum absolute atomic E-state index is 0.0117. The largest absolute Gasteiger partial charge is 0.493 e. The minimum atomic E-state index is 0.0117. The third-order valence-corrected chi connectivity index (χ3v) is 6.34. The van der Waals surface area contributed by atoms with Crippen molar-refractivity contribution in [2.24, 2.45) is 0 Å². The molecule has 2 amide bonds. The van der Waals surface area contributed by atoms with E-state index in [0.717, 1.165) is 23.4 Å². The molecule has 7 nitrogen and oxygen atoms in total. The van der Waals surface area contributed by atoms with Gasteiger partial charge in [0.25, 0.3) is 0 Å². The zero-order valence-electron chi connectivity index (χ0n) is 18.7. The summed E-state index contributed by atoms with van der Waals surface area (Å²) in [5.74, 6) is 1.81. The number of nitrogens with zero attached hydrogens (tertiary/aromatic N) is 2. The normalized spacial score (nSPS) is 14.5. The average molecular weight is 458 g/mol. The van der Waals surface area contributed by atoms with Crippen molar-refractivity contribution in [1.29, 1.82) is 0 Å². The first kappa shape index (κ1) is 23.9. The van der Waals surface area contributed by atoms with Gasteiger partial charge < -0.3 is 19.7 Å². The molecule has 0 bridgehead atoms. The van der Waals surface area contributed by atoms with Gasteiger partial charge >= 0.3 is 0 Å². The summed E-state index contributed by atoms with van der Waals surface area (Å²) in [5, 5.41) is 2.97. The van der Waals surface area contributed by atoms with Gasteiger partial charge in [0.2, 0.25) is 11.8 Å². The molecule has 0 radical (unpaired) electrons. The van der Waals surface area contributed by atoms with Crippen molar-refractivity contribution in [1.82, 2.24) is 15.1 Å². The predicted molar refractivity (Wildman–Crippen MR) is 126 cm³/mol. The van der Waals surface area contributed by atoms with Gasteiger partial charge in [-0.3, -0.25) is 14.5 Å². The van der Waals surface area contributed by atoms with E-state index in [1.54, 1.807) is 14.2 Å². The van der Waals surface area contributed by atoms with Gasteiger partial charge in [0, 0.05) is 37.6 Å².